The van der Waals surface area contributed by atoms with Crippen molar-refractivity contribution in [2.75, 3.05) is 5.75 Å². The van der Waals surface area contributed by atoms with Gasteiger partial charge < -0.3 is 0 Å². The van der Waals surface area contributed by atoms with Crippen molar-refractivity contribution in [2.24, 2.45) is 5.10 Å². The van der Waals surface area contributed by atoms with Gasteiger partial charge in [-0.1, -0.05) is 29.8 Å². The Morgan fingerprint density at radius 2 is 2.05 bits per heavy atom. The average molecular weight is 318 g/mol. The molecule has 0 spiro atoms. The Morgan fingerprint density at radius 3 is 2.71 bits per heavy atom. The summed E-state index contributed by atoms with van der Waals surface area (Å²) in [6, 6.07) is 10.4. The highest BCUT2D eigenvalue weighted by atomic mass is 32.2. The number of amides is 1. The van der Waals surface area contributed by atoms with Gasteiger partial charge in [0.1, 0.15) is 0 Å². The van der Waals surface area contributed by atoms with Gasteiger partial charge in [0, 0.05) is 10.6 Å². The fraction of sp³-hybridized carbons (Fsp3) is 0.250. The van der Waals surface area contributed by atoms with Crippen molar-refractivity contribution in [3.05, 3.63) is 57.3 Å². The number of hydrazone groups is 1. The van der Waals surface area contributed by atoms with Crippen LogP contribution in [0.3, 0.4) is 0 Å². The zero-order valence-electron chi connectivity index (χ0n) is 12.1. The number of carbonyl (C=O) groups is 1. The quantitative estimate of drug-likeness (QED) is 0.651. The molecule has 110 valence electrons. The van der Waals surface area contributed by atoms with Gasteiger partial charge in [0.05, 0.1) is 12.0 Å². The van der Waals surface area contributed by atoms with Gasteiger partial charge in [-0.15, -0.1) is 23.1 Å². The molecule has 0 bridgehead atoms. The number of aryl methyl sites for hydroxylation is 2. The topological polar surface area (TPSA) is 41.5 Å². The summed E-state index contributed by atoms with van der Waals surface area (Å²) in [4.78, 5) is 12.7. The Hall–Kier alpha value is -1.59. The fourth-order valence-electron chi connectivity index (χ4n) is 1.66. The van der Waals surface area contributed by atoms with Gasteiger partial charge in [-0.05, 0) is 36.4 Å². The molecule has 0 fully saturated rings. The third-order valence-corrected chi connectivity index (χ3v) is 4.85. The third-order valence-electron chi connectivity index (χ3n) is 2.90. The lowest BCUT2D eigenvalue weighted by Gasteiger charge is -2.02. The summed E-state index contributed by atoms with van der Waals surface area (Å²) in [6.07, 6.45) is 1.70. The first kappa shape index (κ1) is 15.8. The van der Waals surface area contributed by atoms with E-state index in [1.807, 2.05) is 18.4 Å². The molecule has 1 heterocycles. The van der Waals surface area contributed by atoms with Crippen molar-refractivity contribution in [1.29, 1.82) is 0 Å². The lowest BCUT2D eigenvalue weighted by molar-refractivity contribution is -0.118. The molecule has 0 aliphatic heterocycles. The van der Waals surface area contributed by atoms with Gasteiger partial charge in [-0.3, -0.25) is 4.79 Å². The molecule has 0 aliphatic rings. The van der Waals surface area contributed by atoms with Crippen LogP contribution < -0.4 is 5.43 Å². The van der Waals surface area contributed by atoms with Crippen molar-refractivity contribution in [1.82, 2.24) is 5.43 Å². The van der Waals surface area contributed by atoms with Crippen LogP contribution in [0.25, 0.3) is 0 Å². The van der Waals surface area contributed by atoms with E-state index in [-0.39, 0.29) is 5.91 Å². The zero-order chi connectivity index (χ0) is 15.1. The fourth-order valence-corrected chi connectivity index (χ4v) is 3.22. The van der Waals surface area contributed by atoms with E-state index >= 15 is 0 Å². The summed E-state index contributed by atoms with van der Waals surface area (Å²) in [5.41, 5.74) is 6.22. The molecule has 0 saturated heterocycles. The van der Waals surface area contributed by atoms with E-state index in [1.54, 1.807) is 29.3 Å². The maximum Gasteiger partial charge on any atom is 0.250 e. The van der Waals surface area contributed by atoms with Crippen LogP contribution in [0, 0.1) is 13.8 Å². The van der Waals surface area contributed by atoms with Crippen LogP contribution in [0.5, 0.6) is 0 Å². The highest BCUT2D eigenvalue weighted by Crippen LogP contribution is 2.13. The SMILES string of the molecule is Cc1ccc(CSCC(=O)N/N=C\c2sccc2C)cc1. The number of hydrogen-bond acceptors (Lipinski definition) is 4. The van der Waals surface area contributed by atoms with Crippen LogP contribution in [-0.4, -0.2) is 17.9 Å². The second kappa shape index (κ2) is 8.00. The Bertz CT molecular complexity index is 617. The Morgan fingerprint density at radius 1 is 1.29 bits per heavy atom. The molecular weight excluding hydrogens is 300 g/mol. The Labute approximate surface area is 133 Å². The molecular formula is C16H18N2OS2. The molecule has 21 heavy (non-hydrogen) atoms. The summed E-state index contributed by atoms with van der Waals surface area (Å²) >= 11 is 3.20. The summed E-state index contributed by atoms with van der Waals surface area (Å²) in [5.74, 6) is 1.17. The number of carbonyl (C=O) groups excluding carboxylic acids is 1. The molecule has 2 rings (SSSR count). The lowest BCUT2D eigenvalue weighted by atomic mass is 10.2. The van der Waals surface area contributed by atoms with Gasteiger partial charge in [0.25, 0.3) is 0 Å². The number of benzene rings is 1. The Kier molecular flexibility index (Phi) is 6.02. The van der Waals surface area contributed by atoms with Crippen LogP contribution in [0.15, 0.2) is 40.8 Å². The highest BCUT2D eigenvalue weighted by molar-refractivity contribution is 7.99. The minimum Gasteiger partial charge on any atom is -0.272 e. The van der Waals surface area contributed by atoms with E-state index in [0.29, 0.717) is 5.75 Å². The van der Waals surface area contributed by atoms with Crippen LogP contribution in [0.4, 0.5) is 0 Å². The van der Waals surface area contributed by atoms with Gasteiger partial charge in [-0.25, -0.2) is 5.43 Å². The number of thioether (sulfide) groups is 1. The minimum absolute atomic E-state index is 0.0717. The maximum atomic E-state index is 11.7. The van der Waals surface area contributed by atoms with E-state index < -0.39 is 0 Å². The second-order valence-electron chi connectivity index (χ2n) is 4.74. The van der Waals surface area contributed by atoms with Crippen molar-refractivity contribution >= 4 is 35.2 Å². The van der Waals surface area contributed by atoms with Gasteiger partial charge in [0.2, 0.25) is 5.91 Å². The van der Waals surface area contributed by atoms with E-state index in [9.17, 15) is 4.79 Å². The normalized spacial score (nSPS) is 11.0. The van der Waals surface area contributed by atoms with Gasteiger partial charge in [0.15, 0.2) is 0 Å². The summed E-state index contributed by atoms with van der Waals surface area (Å²) in [6.45, 7) is 4.09. The number of nitrogens with one attached hydrogen (secondary N) is 1. The molecule has 1 aromatic heterocycles. The molecule has 5 heteroatoms. The molecule has 0 unspecified atom stereocenters. The lowest BCUT2D eigenvalue weighted by Crippen LogP contribution is -2.19. The highest BCUT2D eigenvalue weighted by Gasteiger charge is 2.01. The zero-order valence-corrected chi connectivity index (χ0v) is 13.8. The first-order valence-electron chi connectivity index (χ1n) is 6.64. The van der Waals surface area contributed by atoms with Crippen LogP contribution >= 0.6 is 23.1 Å². The average Bonchev–Trinajstić information content (AvgIpc) is 2.87. The maximum absolute atomic E-state index is 11.7. The van der Waals surface area contributed by atoms with Crippen LogP contribution in [-0.2, 0) is 10.5 Å². The predicted molar refractivity (Wildman–Crippen MR) is 92.1 cm³/mol. The molecule has 1 aromatic carbocycles. The number of hydrogen-bond donors (Lipinski definition) is 1. The number of nitrogens with zero attached hydrogens (tertiary/aromatic N) is 1. The van der Waals surface area contributed by atoms with Crippen molar-refractivity contribution < 1.29 is 4.79 Å². The van der Waals surface area contributed by atoms with Crippen molar-refractivity contribution in [3.63, 3.8) is 0 Å². The minimum atomic E-state index is -0.0717. The van der Waals surface area contributed by atoms with Gasteiger partial charge >= 0.3 is 0 Å². The summed E-state index contributed by atoms with van der Waals surface area (Å²) in [7, 11) is 0. The molecule has 1 amide bonds. The molecule has 2 aromatic rings. The monoisotopic (exact) mass is 318 g/mol. The molecule has 0 atom stereocenters. The van der Waals surface area contributed by atoms with Crippen LogP contribution in [0.1, 0.15) is 21.6 Å². The molecule has 3 nitrogen and oxygen atoms in total. The number of rotatable bonds is 6. The standard InChI is InChI=1S/C16H18N2OS2/c1-12-3-5-14(6-4-12)10-20-11-16(19)18-17-9-15-13(2)7-8-21-15/h3-9H,10-11H2,1-2H3,(H,18,19)/b17-9-. The molecule has 1 N–H and O–H groups in total. The Balaban J connectivity index is 1.69. The first-order chi connectivity index (χ1) is 10.1. The van der Waals surface area contributed by atoms with E-state index in [4.69, 9.17) is 0 Å². The van der Waals surface area contributed by atoms with Gasteiger partial charge in [-0.2, -0.15) is 5.10 Å². The molecule has 0 aliphatic carbocycles. The summed E-state index contributed by atoms with van der Waals surface area (Å²) in [5, 5.41) is 5.99. The molecule has 0 radical (unpaired) electrons. The second-order valence-corrected chi connectivity index (χ2v) is 6.67. The largest absolute Gasteiger partial charge is 0.272 e. The van der Waals surface area contributed by atoms with Crippen molar-refractivity contribution in [2.45, 2.75) is 19.6 Å². The number of thiophene rings is 1. The van der Waals surface area contributed by atoms with E-state index in [2.05, 4.69) is 41.7 Å². The summed E-state index contributed by atoms with van der Waals surface area (Å²) < 4.78 is 0. The third kappa shape index (κ3) is 5.36. The predicted octanol–water partition coefficient (Wildman–Crippen LogP) is 3.75. The smallest absolute Gasteiger partial charge is 0.250 e. The van der Waals surface area contributed by atoms with Crippen molar-refractivity contribution in [3.8, 4) is 0 Å². The van der Waals surface area contributed by atoms with E-state index in [0.717, 1.165) is 10.6 Å². The first-order valence-corrected chi connectivity index (χ1v) is 8.68. The molecule has 0 saturated carbocycles. The van der Waals surface area contributed by atoms with E-state index in [1.165, 1.54) is 16.7 Å². The van der Waals surface area contributed by atoms with Crippen LogP contribution in [0.2, 0.25) is 0 Å².